The highest BCUT2D eigenvalue weighted by Crippen LogP contribution is 2.13. The van der Waals surface area contributed by atoms with Crippen molar-refractivity contribution in [2.75, 3.05) is 31.6 Å². The molecule has 112 valence electrons. The van der Waals surface area contributed by atoms with Crippen LogP contribution in [0.2, 0.25) is 0 Å². The van der Waals surface area contributed by atoms with Crippen LogP contribution in [0.15, 0.2) is 18.5 Å². The van der Waals surface area contributed by atoms with Gasteiger partial charge < -0.3 is 15.4 Å². The van der Waals surface area contributed by atoms with Crippen molar-refractivity contribution in [2.24, 2.45) is 5.92 Å². The second-order valence-corrected chi connectivity index (χ2v) is 5.07. The lowest BCUT2D eigenvalue weighted by Crippen LogP contribution is -2.28. The zero-order valence-electron chi connectivity index (χ0n) is 12.6. The van der Waals surface area contributed by atoms with Crippen LogP contribution in [0.25, 0.3) is 0 Å². The minimum atomic E-state index is -0.121. The van der Waals surface area contributed by atoms with Crippen molar-refractivity contribution in [3.8, 4) is 0 Å². The Morgan fingerprint density at radius 3 is 2.90 bits per heavy atom. The Kier molecular flexibility index (Phi) is 7.65. The molecule has 1 heterocycles. The quantitative estimate of drug-likeness (QED) is 0.681. The van der Waals surface area contributed by atoms with Gasteiger partial charge in [-0.3, -0.25) is 9.78 Å². The maximum Gasteiger partial charge on any atom is 0.255 e. The fourth-order valence-electron chi connectivity index (χ4n) is 1.64. The van der Waals surface area contributed by atoms with Crippen LogP contribution in [0, 0.1) is 5.92 Å². The Labute approximate surface area is 121 Å². The highest BCUT2D eigenvalue weighted by atomic mass is 16.5. The van der Waals surface area contributed by atoms with Gasteiger partial charge in [-0.05, 0) is 18.4 Å². The molecule has 20 heavy (non-hydrogen) atoms. The summed E-state index contributed by atoms with van der Waals surface area (Å²) in [7, 11) is 0. The van der Waals surface area contributed by atoms with Crippen molar-refractivity contribution in [1.29, 1.82) is 0 Å². The Balaban J connectivity index is 2.42. The first-order chi connectivity index (χ1) is 9.65. The fraction of sp³-hybridized carbons (Fsp3) is 0.600. The SMILES string of the molecule is CCCNc1ccncc1C(=O)NCCOCC(C)C. The lowest BCUT2D eigenvalue weighted by Gasteiger charge is -2.11. The third-order valence-electron chi connectivity index (χ3n) is 2.61. The molecule has 0 unspecified atom stereocenters. The molecule has 1 amide bonds. The smallest absolute Gasteiger partial charge is 0.255 e. The maximum atomic E-state index is 12.1. The van der Waals surface area contributed by atoms with Gasteiger partial charge in [-0.15, -0.1) is 0 Å². The molecule has 0 bridgehead atoms. The van der Waals surface area contributed by atoms with E-state index in [1.165, 1.54) is 0 Å². The van der Waals surface area contributed by atoms with Gasteiger partial charge in [0.25, 0.3) is 5.91 Å². The molecular formula is C15H25N3O2. The first-order valence-electron chi connectivity index (χ1n) is 7.19. The summed E-state index contributed by atoms with van der Waals surface area (Å²) in [5.41, 5.74) is 1.40. The minimum Gasteiger partial charge on any atom is -0.384 e. The fourth-order valence-corrected chi connectivity index (χ4v) is 1.64. The first-order valence-corrected chi connectivity index (χ1v) is 7.19. The number of anilines is 1. The summed E-state index contributed by atoms with van der Waals surface area (Å²) in [5, 5.41) is 6.07. The molecule has 0 fully saturated rings. The average Bonchev–Trinajstić information content (AvgIpc) is 2.44. The molecule has 1 aromatic heterocycles. The van der Waals surface area contributed by atoms with E-state index in [4.69, 9.17) is 4.74 Å². The molecule has 5 heteroatoms. The molecule has 0 aliphatic carbocycles. The molecule has 2 N–H and O–H groups in total. The van der Waals surface area contributed by atoms with Gasteiger partial charge in [0.15, 0.2) is 0 Å². The Bertz CT molecular complexity index is 408. The van der Waals surface area contributed by atoms with Crippen LogP contribution in [-0.4, -0.2) is 37.2 Å². The van der Waals surface area contributed by atoms with Gasteiger partial charge in [-0.25, -0.2) is 0 Å². The van der Waals surface area contributed by atoms with Crippen LogP contribution in [0.4, 0.5) is 5.69 Å². The van der Waals surface area contributed by atoms with E-state index < -0.39 is 0 Å². The minimum absolute atomic E-state index is 0.121. The zero-order chi connectivity index (χ0) is 14.8. The lowest BCUT2D eigenvalue weighted by molar-refractivity contribution is 0.0886. The van der Waals surface area contributed by atoms with Crippen LogP contribution in [0.1, 0.15) is 37.6 Å². The van der Waals surface area contributed by atoms with Crippen molar-refractivity contribution in [1.82, 2.24) is 10.3 Å². The van der Waals surface area contributed by atoms with Crippen molar-refractivity contribution >= 4 is 11.6 Å². The van der Waals surface area contributed by atoms with Crippen LogP contribution in [-0.2, 0) is 4.74 Å². The van der Waals surface area contributed by atoms with Crippen LogP contribution >= 0.6 is 0 Å². The number of ether oxygens (including phenoxy) is 1. The first kappa shape index (κ1) is 16.4. The molecule has 0 aliphatic heterocycles. The molecule has 0 aromatic carbocycles. The van der Waals surface area contributed by atoms with Crippen molar-refractivity contribution in [2.45, 2.75) is 27.2 Å². The predicted octanol–water partition coefficient (Wildman–Crippen LogP) is 2.31. The summed E-state index contributed by atoms with van der Waals surface area (Å²) in [6, 6.07) is 1.82. The lowest BCUT2D eigenvalue weighted by atomic mass is 10.2. The third-order valence-corrected chi connectivity index (χ3v) is 2.61. The van der Waals surface area contributed by atoms with E-state index in [1.807, 2.05) is 6.07 Å². The van der Waals surface area contributed by atoms with Gasteiger partial charge in [0.05, 0.1) is 17.9 Å². The number of carbonyl (C=O) groups excluding carboxylic acids is 1. The topological polar surface area (TPSA) is 63.2 Å². The van der Waals surface area contributed by atoms with Crippen LogP contribution < -0.4 is 10.6 Å². The molecule has 0 atom stereocenters. The van der Waals surface area contributed by atoms with E-state index in [0.29, 0.717) is 31.2 Å². The summed E-state index contributed by atoms with van der Waals surface area (Å²) in [6.07, 6.45) is 4.27. The largest absolute Gasteiger partial charge is 0.384 e. The number of nitrogens with one attached hydrogen (secondary N) is 2. The molecule has 0 saturated carbocycles. The second kappa shape index (κ2) is 9.31. The molecule has 0 radical (unpaired) electrons. The molecule has 0 aliphatic rings. The highest BCUT2D eigenvalue weighted by molar-refractivity contribution is 5.99. The third kappa shape index (κ3) is 6.02. The summed E-state index contributed by atoms with van der Waals surface area (Å²) in [5.74, 6) is 0.388. The molecule has 1 aromatic rings. The van der Waals surface area contributed by atoms with Crippen LogP contribution in [0.5, 0.6) is 0 Å². The van der Waals surface area contributed by atoms with E-state index in [1.54, 1.807) is 12.4 Å². The molecule has 0 saturated heterocycles. The van der Waals surface area contributed by atoms with Crippen LogP contribution in [0.3, 0.4) is 0 Å². The maximum absolute atomic E-state index is 12.1. The Hall–Kier alpha value is -1.62. The molecule has 1 rings (SSSR count). The average molecular weight is 279 g/mol. The summed E-state index contributed by atoms with van der Waals surface area (Å²) in [6.45, 7) is 8.86. The van der Waals surface area contributed by atoms with Crippen molar-refractivity contribution in [3.05, 3.63) is 24.0 Å². The Morgan fingerprint density at radius 2 is 2.20 bits per heavy atom. The van der Waals surface area contributed by atoms with E-state index in [0.717, 1.165) is 18.7 Å². The van der Waals surface area contributed by atoms with Gasteiger partial charge in [-0.2, -0.15) is 0 Å². The zero-order valence-corrected chi connectivity index (χ0v) is 12.6. The van der Waals surface area contributed by atoms with Gasteiger partial charge in [-0.1, -0.05) is 20.8 Å². The van der Waals surface area contributed by atoms with Gasteiger partial charge in [0.2, 0.25) is 0 Å². The normalized spacial score (nSPS) is 10.6. The number of pyridine rings is 1. The summed E-state index contributed by atoms with van der Waals surface area (Å²) < 4.78 is 5.43. The number of hydrogen-bond acceptors (Lipinski definition) is 4. The van der Waals surface area contributed by atoms with Crippen molar-refractivity contribution < 1.29 is 9.53 Å². The highest BCUT2D eigenvalue weighted by Gasteiger charge is 2.10. The number of rotatable bonds is 9. The molecular weight excluding hydrogens is 254 g/mol. The molecule has 0 spiro atoms. The monoisotopic (exact) mass is 279 g/mol. The van der Waals surface area contributed by atoms with E-state index in [-0.39, 0.29) is 5.91 Å². The van der Waals surface area contributed by atoms with E-state index in [9.17, 15) is 4.79 Å². The second-order valence-electron chi connectivity index (χ2n) is 5.07. The number of carbonyl (C=O) groups is 1. The predicted molar refractivity (Wildman–Crippen MR) is 81.0 cm³/mol. The number of nitrogens with zero attached hydrogens (tertiary/aromatic N) is 1. The number of aromatic nitrogens is 1. The number of amides is 1. The van der Waals surface area contributed by atoms with Gasteiger partial charge in [0, 0.05) is 32.1 Å². The van der Waals surface area contributed by atoms with Gasteiger partial charge >= 0.3 is 0 Å². The van der Waals surface area contributed by atoms with Gasteiger partial charge in [0.1, 0.15) is 0 Å². The van der Waals surface area contributed by atoms with E-state index >= 15 is 0 Å². The standard InChI is InChI=1S/C15H25N3O2/c1-4-6-17-14-5-7-16-10-13(14)15(19)18-8-9-20-11-12(2)3/h5,7,10,12H,4,6,8-9,11H2,1-3H3,(H,16,17)(H,18,19). The summed E-state index contributed by atoms with van der Waals surface area (Å²) in [4.78, 5) is 16.1. The summed E-state index contributed by atoms with van der Waals surface area (Å²) >= 11 is 0. The van der Waals surface area contributed by atoms with E-state index in [2.05, 4.69) is 36.4 Å². The van der Waals surface area contributed by atoms with Crippen molar-refractivity contribution in [3.63, 3.8) is 0 Å². The Morgan fingerprint density at radius 1 is 1.40 bits per heavy atom. The number of hydrogen-bond donors (Lipinski definition) is 2. The molecule has 5 nitrogen and oxygen atoms in total.